The van der Waals surface area contributed by atoms with Gasteiger partial charge in [-0.15, -0.1) is 0 Å². The highest BCUT2D eigenvalue weighted by molar-refractivity contribution is 9.09. The Morgan fingerprint density at radius 3 is 2.53 bits per heavy atom. The summed E-state index contributed by atoms with van der Waals surface area (Å²) in [7, 11) is 0. The van der Waals surface area contributed by atoms with Crippen LogP contribution in [0.2, 0.25) is 0 Å². The average Bonchev–Trinajstić information content (AvgIpc) is 2.35. The predicted octanol–water partition coefficient (Wildman–Crippen LogP) is 3.88. The lowest BCUT2D eigenvalue weighted by Crippen LogP contribution is -2.42. The van der Waals surface area contributed by atoms with Crippen LogP contribution in [-0.2, 0) is 4.79 Å². The quantitative estimate of drug-likeness (QED) is 0.741. The summed E-state index contributed by atoms with van der Waals surface area (Å²) in [6.45, 7) is 5.17. The van der Waals surface area contributed by atoms with Gasteiger partial charge in [-0.05, 0) is 25.2 Å². The normalized spacial score (nSPS) is 20.9. The summed E-state index contributed by atoms with van der Waals surface area (Å²) < 4.78 is 0. The third-order valence-corrected chi connectivity index (χ3v) is 4.61. The summed E-state index contributed by atoms with van der Waals surface area (Å²) in [6, 6.07) is 0. The molecule has 0 bridgehead atoms. The largest absolute Gasteiger partial charge is 0.355 e. The summed E-state index contributed by atoms with van der Waals surface area (Å²) in [5.41, 5.74) is -0.0923. The first-order valence-electron chi connectivity index (χ1n) is 6.96. The van der Waals surface area contributed by atoms with Crippen molar-refractivity contribution in [3.63, 3.8) is 0 Å². The first-order chi connectivity index (χ1) is 8.12. The fourth-order valence-electron chi connectivity index (χ4n) is 2.61. The molecule has 1 N–H and O–H groups in total. The Hall–Kier alpha value is -0.0500. The van der Waals surface area contributed by atoms with Crippen LogP contribution >= 0.6 is 15.9 Å². The number of carbonyl (C=O) groups is 1. The summed E-state index contributed by atoms with van der Waals surface area (Å²) in [6.07, 6.45) is 8.13. The summed E-state index contributed by atoms with van der Waals surface area (Å²) in [5.74, 6) is 0.899. The highest BCUT2D eigenvalue weighted by Crippen LogP contribution is 2.35. The van der Waals surface area contributed by atoms with E-state index in [0.29, 0.717) is 5.92 Å². The smallest absolute Gasteiger partial charge is 0.225 e. The number of alkyl halides is 1. The lowest BCUT2D eigenvalue weighted by atomic mass is 9.75. The Kier molecular flexibility index (Phi) is 6.53. The van der Waals surface area contributed by atoms with Gasteiger partial charge in [-0.3, -0.25) is 4.79 Å². The van der Waals surface area contributed by atoms with Gasteiger partial charge in [0, 0.05) is 17.3 Å². The van der Waals surface area contributed by atoms with Crippen molar-refractivity contribution in [3.05, 3.63) is 0 Å². The van der Waals surface area contributed by atoms with E-state index in [4.69, 9.17) is 0 Å². The van der Waals surface area contributed by atoms with Crippen molar-refractivity contribution in [3.8, 4) is 0 Å². The number of hydrogen-bond donors (Lipinski definition) is 1. The van der Waals surface area contributed by atoms with Crippen molar-refractivity contribution in [1.82, 2.24) is 5.32 Å². The molecule has 0 radical (unpaired) electrons. The van der Waals surface area contributed by atoms with Crippen LogP contribution in [0.3, 0.4) is 0 Å². The molecule has 1 aliphatic carbocycles. The molecule has 0 aromatic heterocycles. The SMILES string of the molecule is CCC(CCBr)CNC(=O)C1(C)CCCCC1. The van der Waals surface area contributed by atoms with Crippen molar-refractivity contribution < 1.29 is 4.79 Å². The zero-order valence-corrected chi connectivity index (χ0v) is 12.8. The second kappa shape index (κ2) is 7.40. The summed E-state index contributed by atoms with van der Waals surface area (Å²) >= 11 is 3.47. The molecule has 3 heteroatoms. The molecule has 1 rings (SSSR count). The zero-order valence-electron chi connectivity index (χ0n) is 11.2. The van der Waals surface area contributed by atoms with E-state index in [0.717, 1.165) is 37.6 Å². The molecule has 1 atom stereocenters. The highest BCUT2D eigenvalue weighted by Gasteiger charge is 2.34. The van der Waals surface area contributed by atoms with E-state index in [1.54, 1.807) is 0 Å². The molecule has 0 saturated heterocycles. The van der Waals surface area contributed by atoms with Crippen molar-refractivity contribution in [2.75, 3.05) is 11.9 Å². The monoisotopic (exact) mass is 303 g/mol. The number of rotatable bonds is 6. The van der Waals surface area contributed by atoms with Crippen LogP contribution in [0.25, 0.3) is 0 Å². The molecule has 1 amide bonds. The van der Waals surface area contributed by atoms with Gasteiger partial charge in [0.25, 0.3) is 0 Å². The fourth-order valence-corrected chi connectivity index (χ4v) is 3.26. The van der Waals surface area contributed by atoms with Gasteiger partial charge in [0.2, 0.25) is 5.91 Å². The maximum absolute atomic E-state index is 12.2. The molecule has 1 saturated carbocycles. The predicted molar refractivity (Wildman–Crippen MR) is 76.4 cm³/mol. The third kappa shape index (κ3) is 4.61. The Labute approximate surface area is 114 Å². The highest BCUT2D eigenvalue weighted by atomic mass is 79.9. The van der Waals surface area contributed by atoms with E-state index < -0.39 is 0 Å². The van der Waals surface area contributed by atoms with Crippen molar-refractivity contribution in [2.45, 2.75) is 58.8 Å². The van der Waals surface area contributed by atoms with E-state index in [9.17, 15) is 4.79 Å². The van der Waals surface area contributed by atoms with E-state index in [1.807, 2.05) is 0 Å². The van der Waals surface area contributed by atoms with Crippen LogP contribution in [0.15, 0.2) is 0 Å². The molecule has 0 spiro atoms. The van der Waals surface area contributed by atoms with Gasteiger partial charge in [-0.2, -0.15) is 0 Å². The number of amides is 1. The minimum atomic E-state index is -0.0923. The van der Waals surface area contributed by atoms with Gasteiger partial charge in [0.15, 0.2) is 0 Å². The molecule has 0 heterocycles. The molecule has 2 nitrogen and oxygen atoms in total. The minimum Gasteiger partial charge on any atom is -0.355 e. The molecule has 100 valence electrons. The first-order valence-corrected chi connectivity index (χ1v) is 8.09. The van der Waals surface area contributed by atoms with Gasteiger partial charge in [-0.1, -0.05) is 55.5 Å². The Balaban J connectivity index is 2.37. The first kappa shape index (κ1) is 15.0. The summed E-state index contributed by atoms with van der Waals surface area (Å²) in [5, 5.41) is 4.20. The molecule has 0 aromatic carbocycles. The maximum atomic E-state index is 12.2. The minimum absolute atomic E-state index is 0.0923. The van der Waals surface area contributed by atoms with Gasteiger partial charge >= 0.3 is 0 Å². The molecule has 1 fully saturated rings. The van der Waals surface area contributed by atoms with Crippen LogP contribution < -0.4 is 5.32 Å². The standard InChI is InChI=1S/C14H26BrNO/c1-3-12(7-10-15)11-16-13(17)14(2)8-5-4-6-9-14/h12H,3-11H2,1-2H3,(H,16,17). The van der Waals surface area contributed by atoms with Crippen molar-refractivity contribution in [2.24, 2.45) is 11.3 Å². The molecule has 1 aliphatic rings. The average molecular weight is 304 g/mol. The van der Waals surface area contributed by atoms with E-state index in [-0.39, 0.29) is 11.3 Å². The second-order valence-corrected chi connectivity index (χ2v) is 6.38. The molecular formula is C14H26BrNO. The Morgan fingerprint density at radius 1 is 1.35 bits per heavy atom. The topological polar surface area (TPSA) is 29.1 Å². The van der Waals surface area contributed by atoms with Gasteiger partial charge < -0.3 is 5.32 Å². The van der Waals surface area contributed by atoms with Crippen molar-refractivity contribution in [1.29, 1.82) is 0 Å². The fraction of sp³-hybridized carbons (Fsp3) is 0.929. The van der Waals surface area contributed by atoms with Gasteiger partial charge in [0.1, 0.15) is 0 Å². The lowest BCUT2D eigenvalue weighted by molar-refractivity contribution is -0.132. The number of nitrogens with one attached hydrogen (secondary N) is 1. The number of hydrogen-bond acceptors (Lipinski definition) is 1. The van der Waals surface area contributed by atoms with E-state index >= 15 is 0 Å². The van der Waals surface area contributed by atoms with E-state index in [2.05, 4.69) is 35.1 Å². The Morgan fingerprint density at radius 2 is 2.00 bits per heavy atom. The molecule has 1 unspecified atom stereocenters. The van der Waals surface area contributed by atoms with Gasteiger partial charge in [-0.25, -0.2) is 0 Å². The molecule has 0 aromatic rings. The van der Waals surface area contributed by atoms with Crippen LogP contribution in [0, 0.1) is 11.3 Å². The van der Waals surface area contributed by atoms with Gasteiger partial charge in [0.05, 0.1) is 0 Å². The summed E-state index contributed by atoms with van der Waals surface area (Å²) in [4.78, 5) is 12.2. The maximum Gasteiger partial charge on any atom is 0.225 e. The number of halogens is 1. The molecule has 17 heavy (non-hydrogen) atoms. The van der Waals surface area contributed by atoms with E-state index in [1.165, 1.54) is 19.3 Å². The zero-order chi connectivity index (χ0) is 12.7. The molecular weight excluding hydrogens is 278 g/mol. The Bertz CT molecular complexity index is 236. The van der Waals surface area contributed by atoms with Crippen LogP contribution in [-0.4, -0.2) is 17.8 Å². The van der Waals surface area contributed by atoms with Crippen LogP contribution in [0.5, 0.6) is 0 Å². The van der Waals surface area contributed by atoms with Crippen molar-refractivity contribution >= 4 is 21.8 Å². The lowest BCUT2D eigenvalue weighted by Gasteiger charge is -2.32. The third-order valence-electron chi connectivity index (χ3n) is 4.15. The van der Waals surface area contributed by atoms with Crippen LogP contribution in [0.4, 0.5) is 0 Å². The molecule has 0 aliphatic heterocycles. The second-order valence-electron chi connectivity index (χ2n) is 5.58. The van der Waals surface area contributed by atoms with Crippen LogP contribution in [0.1, 0.15) is 58.8 Å². The number of carbonyl (C=O) groups excluding carboxylic acids is 1.